The van der Waals surface area contributed by atoms with Gasteiger partial charge in [-0.1, -0.05) is 53.4 Å². The van der Waals surface area contributed by atoms with Crippen LogP contribution in [0, 0.1) is 0 Å². The van der Waals surface area contributed by atoms with E-state index >= 15 is 0 Å². The minimum absolute atomic E-state index is 0.0243. The van der Waals surface area contributed by atoms with E-state index in [0.29, 0.717) is 16.0 Å². The maximum absolute atomic E-state index is 12.6. The van der Waals surface area contributed by atoms with Crippen LogP contribution in [0.4, 0.5) is 10.9 Å². The van der Waals surface area contributed by atoms with Gasteiger partial charge in [-0.3, -0.25) is 19.1 Å². The van der Waals surface area contributed by atoms with Gasteiger partial charge in [0, 0.05) is 12.6 Å². The van der Waals surface area contributed by atoms with Crippen LogP contribution in [0.1, 0.15) is 34.8 Å². The van der Waals surface area contributed by atoms with Gasteiger partial charge in [0.25, 0.3) is 5.56 Å². The SMILES string of the molecule is Nc1c(C(=O)CSc2nnc(NCc3ccccc3)s2)c(=O)[nH]c(=O)n1C1CC1. The standard InChI is InChI=1S/C18H18N6O3S2/c19-14-13(15(26)21-17(27)24(14)11-6-7-11)12(25)9-28-18-23-22-16(29-18)20-8-10-4-2-1-3-5-10/h1-5,11H,6-9,19H2,(H,20,22)(H,21,26,27). The molecule has 0 bridgehead atoms. The molecule has 150 valence electrons. The van der Waals surface area contributed by atoms with Crippen LogP contribution in [0.3, 0.4) is 0 Å². The van der Waals surface area contributed by atoms with Crippen LogP contribution in [-0.4, -0.2) is 31.3 Å². The van der Waals surface area contributed by atoms with Gasteiger partial charge in [0.2, 0.25) is 5.13 Å². The lowest BCUT2D eigenvalue weighted by Gasteiger charge is -2.10. The highest BCUT2D eigenvalue weighted by Crippen LogP contribution is 2.35. The molecule has 1 saturated carbocycles. The first kappa shape index (κ1) is 19.4. The largest absolute Gasteiger partial charge is 0.384 e. The van der Waals surface area contributed by atoms with Crippen LogP contribution < -0.4 is 22.3 Å². The van der Waals surface area contributed by atoms with Gasteiger partial charge < -0.3 is 11.1 Å². The number of nitrogens with zero attached hydrogens (tertiary/aromatic N) is 3. The number of aromatic amines is 1. The predicted octanol–water partition coefficient (Wildman–Crippen LogP) is 1.89. The van der Waals surface area contributed by atoms with Crippen LogP contribution in [0.5, 0.6) is 0 Å². The molecule has 4 rings (SSSR count). The molecule has 0 spiro atoms. The Morgan fingerprint density at radius 1 is 1.28 bits per heavy atom. The van der Waals surface area contributed by atoms with Gasteiger partial charge in [0.1, 0.15) is 11.4 Å². The summed E-state index contributed by atoms with van der Waals surface area (Å²) in [6.07, 6.45) is 1.62. The molecule has 0 unspecified atom stereocenters. The van der Waals surface area contributed by atoms with E-state index in [9.17, 15) is 14.4 Å². The van der Waals surface area contributed by atoms with E-state index in [0.717, 1.165) is 18.4 Å². The number of aromatic nitrogens is 4. The molecular weight excluding hydrogens is 412 g/mol. The quantitative estimate of drug-likeness (QED) is 0.364. The summed E-state index contributed by atoms with van der Waals surface area (Å²) in [7, 11) is 0. The average molecular weight is 431 g/mol. The van der Waals surface area contributed by atoms with Crippen molar-refractivity contribution in [3.63, 3.8) is 0 Å². The Kier molecular flexibility index (Phi) is 5.49. The third-order valence-corrected chi connectivity index (χ3v) is 6.41. The third-order valence-electron chi connectivity index (χ3n) is 4.39. The van der Waals surface area contributed by atoms with Crippen molar-refractivity contribution in [3.05, 3.63) is 62.3 Å². The van der Waals surface area contributed by atoms with Gasteiger partial charge in [-0.05, 0) is 18.4 Å². The maximum atomic E-state index is 12.6. The first-order valence-electron chi connectivity index (χ1n) is 8.94. The summed E-state index contributed by atoms with van der Waals surface area (Å²) in [4.78, 5) is 38.8. The van der Waals surface area contributed by atoms with E-state index < -0.39 is 17.0 Å². The summed E-state index contributed by atoms with van der Waals surface area (Å²) in [5.41, 5.74) is 5.60. The summed E-state index contributed by atoms with van der Waals surface area (Å²) in [6, 6.07) is 9.85. The normalized spacial score (nSPS) is 13.4. The minimum atomic E-state index is -0.752. The van der Waals surface area contributed by atoms with Gasteiger partial charge in [-0.15, -0.1) is 10.2 Å². The molecule has 11 heteroatoms. The van der Waals surface area contributed by atoms with Crippen molar-refractivity contribution in [2.75, 3.05) is 16.8 Å². The zero-order valence-electron chi connectivity index (χ0n) is 15.3. The van der Waals surface area contributed by atoms with E-state index in [-0.39, 0.29) is 23.2 Å². The number of thioether (sulfide) groups is 1. The van der Waals surface area contributed by atoms with E-state index in [1.807, 2.05) is 30.3 Å². The number of hydrogen-bond donors (Lipinski definition) is 3. The fourth-order valence-corrected chi connectivity index (χ4v) is 4.46. The number of H-pyrrole nitrogens is 1. The molecule has 1 aromatic carbocycles. The molecule has 1 aliphatic rings. The highest BCUT2D eigenvalue weighted by molar-refractivity contribution is 8.01. The van der Waals surface area contributed by atoms with Gasteiger partial charge in [-0.25, -0.2) is 4.79 Å². The number of benzene rings is 1. The Balaban J connectivity index is 1.40. The van der Waals surface area contributed by atoms with E-state index in [4.69, 9.17) is 5.73 Å². The summed E-state index contributed by atoms with van der Waals surface area (Å²) < 4.78 is 1.90. The van der Waals surface area contributed by atoms with Crippen LogP contribution in [-0.2, 0) is 6.54 Å². The number of nitrogen functional groups attached to an aromatic ring is 1. The van der Waals surface area contributed by atoms with Crippen molar-refractivity contribution < 1.29 is 4.79 Å². The molecule has 3 aromatic rings. The highest BCUT2D eigenvalue weighted by atomic mass is 32.2. The summed E-state index contributed by atoms with van der Waals surface area (Å²) in [6.45, 7) is 0.619. The molecule has 0 radical (unpaired) electrons. The molecule has 9 nitrogen and oxygen atoms in total. The molecule has 0 amide bonds. The fourth-order valence-electron chi connectivity index (χ4n) is 2.84. The van der Waals surface area contributed by atoms with Crippen molar-refractivity contribution in [2.45, 2.75) is 29.8 Å². The van der Waals surface area contributed by atoms with Gasteiger partial charge >= 0.3 is 5.69 Å². The smallest absolute Gasteiger partial charge is 0.330 e. The zero-order chi connectivity index (χ0) is 20.4. The number of carbonyl (C=O) groups excluding carboxylic acids is 1. The second-order valence-electron chi connectivity index (χ2n) is 6.54. The molecule has 1 aliphatic carbocycles. The first-order valence-corrected chi connectivity index (χ1v) is 10.7. The Morgan fingerprint density at radius 3 is 2.76 bits per heavy atom. The Hall–Kier alpha value is -2.92. The summed E-state index contributed by atoms with van der Waals surface area (Å²) >= 11 is 2.50. The molecule has 2 heterocycles. The topological polar surface area (TPSA) is 136 Å². The zero-order valence-corrected chi connectivity index (χ0v) is 16.9. The molecule has 29 heavy (non-hydrogen) atoms. The Morgan fingerprint density at radius 2 is 2.03 bits per heavy atom. The average Bonchev–Trinajstić information content (AvgIpc) is 3.42. The van der Waals surface area contributed by atoms with E-state index in [2.05, 4.69) is 20.5 Å². The van der Waals surface area contributed by atoms with Crippen LogP contribution in [0.25, 0.3) is 0 Å². The highest BCUT2D eigenvalue weighted by Gasteiger charge is 2.30. The second-order valence-corrected chi connectivity index (χ2v) is 8.74. The summed E-state index contributed by atoms with van der Waals surface area (Å²) in [5, 5.41) is 11.9. The lowest BCUT2D eigenvalue weighted by molar-refractivity contribution is 0.102. The van der Waals surface area contributed by atoms with Crippen molar-refractivity contribution in [1.29, 1.82) is 0 Å². The molecular formula is C18H18N6O3S2. The number of Topliss-reactive ketones (excluding diaryl/α,β-unsaturated/α-hetero) is 1. The number of ketones is 1. The minimum Gasteiger partial charge on any atom is -0.384 e. The maximum Gasteiger partial charge on any atom is 0.330 e. The Bertz CT molecular complexity index is 1150. The number of carbonyl (C=O) groups is 1. The summed E-state index contributed by atoms with van der Waals surface area (Å²) in [5.74, 6) is -0.532. The molecule has 0 aliphatic heterocycles. The molecule has 1 fully saturated rings. The molecule has 0 atom stereocenters. The first-order chi connectivity index (χ1) is 14.0. The van der Waals surface area contributed by atoms with Gasteiger partial charge in [-0.2, -0.15) is 0 Å². The number of nitrogens with one attached hydrogen (secondary N) is 2. The number of anilines is 2. The monoisotopic (exact) mass is 430 g/mol. The van der Waals surface area contributed by atoms with Crippen molar-refractivity contribution in [2.24, 2.45) is 0 Å². The number of nitrogens with two attached hydrogens (primary N) is 1. The third kappa shape index (κ3) is 4.40. The van der Waals surface area contributed by atoms with E-state index in [1.165, 1.54) is 27.7 Å². The van der Waals surface area contributed by atoms with Gasteiger partial charge in [0.15, 0.2) is 10.1 Å². The lowest BCUT2D eigenvalue weighted by atomic mass is 10.2. The van der Waals surface area contributed by atoms with Crippen molar-refractivity contribution in [1.82, 2.24) is 19.7 Å². The van der Waals surface area contributed by atoms with Crippen LogP contribution in [0.2, 0.25) is 0 Å². The number of rotatable bonds is 8. The molecule has 2 aromatic heterocycles. The lowest BCUT2D eigenvalue weighted by Crippen LogP contribution is -2.36. The number of hydrogen-bond acceptors (Lipinski definition) is 9. The van der Waals surface area contributed by atoms with Gasteiger partial charge in [0.05, 0.1) is 5.75 Å². The van der Waals surface area contributed by atoms with Crippen molar-refractivity contribution in [3.8, 4) is 0 Å². The second kappa shape index (κ2) is 8.21. The predicted molar refractivity (Wildman–Crippen MR) is 113 cm³/mol. The Labute approximate surface area is 173 Å². The molecule has 4 N–H and O–H groups in total. The van der Waals surface area contributed by atoms with Crippen LogP contribution in [0.15, 0.2) is 44.3 Å². The van der Waals surface area contributed by atoms with Crippen LogP contribution >= 0.6 is 23.1 Å². The fraction of sp³-hybridized carbons (Fsp3) is 0.278. The van der Waals surface area contributed by atoms with E-state index in [1.54, 1.807) is 0 Å². The molecule has 0 saturated heterocycles. The van der Waals surface area contributed by atoms with Crippen molar-refractivity contribution >= 4 is 39.8 Å².